The smallest absolute Gasteiger partial charge is 0.234 e. The molecule has 3 heteroatoms. The quantitative estimate of drug-likeness (QED) is 0.725. The summed E-state index contributed by atoms with van der Waals surface area (Å²) in [6, 6.07) is -0.109. The van der Waals surface area contributed by atoms with E-state index >= 15 is 0 Å². The van der Waals surface area contributed by atoms with Gasteiger partial charge in [-0.2, -0.15) is 0 Å². The summed E-state index contributed by atoms with van der Waals surface area (Å²) in [6.07, 6.45) is 1.18. The molecule has 0 aromatic carbocycles. The van der Waals surface area contributed by atoms with Crippen LogP contribution in [0.4, 0.5) is 0 Å². The van der Waals surface area contributed by atoms with Crippen molar-refractivity contribution in [1.82, 2.24) is 4.90 Å². The molecule has 1 rings (SSSR count). The van der Waals surface area contributed by atoms with Crippen molar-refractivity contribution in [2.45, 2.75) is 40.2 Å². The minimum atomic E-state index is -0.209. The second-order valence-corrected chi connectivity index (χ2v) is 5.42. The second kappa shape index (κ2) is 3.89. The lowest BCUT2D eigenvalue weighted by atomic mass is 9.80. The average Bonchev–Trinajstić information content (AvgIpc) is 2.49. The summed E-state index contributed by atoms with van der Waals surface area (Å²) < 4.78 is 0. The number of rotatable bonds is 2. The first-order valence-corrected chi connectivity index (χ1v) is 5.35. The van der Waals surface area contributed by atoms with Crippen LogP contribution in [0, 0.1) is 11.3 Å². The predicted octanol–water partition coefficient (Wildman–Crippen LogP) is 1.23. The Bertz CT molecular complexity index is 220. The van der Waals surface area contributed by atoms with E-state index in [1.165, 1.54) is 6.42 Å². The van der Waals surface area contributed by atoms with Crippen molar-refractivity contribution < 1.29 is 4.79 Å². The number of likely N-dealkylation sites (tertiary alicyclic amines) is 1. The van der Waals surface area contributed by atoms with Crippen molar-refractivity contribution in [2.75, 3.05) is 13.1 Å². The lowest BCUT2D eigenvalue weighted by Gasteiger charge is -2.28. The fourth-order valence-electron chi connectivity index (χ4n) is 2.03. The van der Waals surface area contributed by atoms with Gasteiger partial charge in [0.15, 0.2) is 0 Å². The molecule has 1 aliphatic heterocycles. The van der Waals surface area contributed by atoms with E-state index in [1.54, 1.807) is 0 Å². The van der Waals surface area contributed by atoms with E-state index in [2.05, 4.69) is 25.7 Å². The number of primary amides is 1. The first-order valence-electron chi connectivity index (χ1n) is 5.35. The maximum Gasteiger partial charge on any atom is 0.234 e. The van der Waals surface area contributed by atoms with E-state index in [9.17, 15) is 4.79 Å². The summed E-state index contributed by atoms with van der Waals surface area (Å²) in [4.78, 5) is 13.2. The van der Waals surface area contributed by atoms with Crippen molar-refractivity contribution in [3.05, 3.63) is 0 Å². The van der Waals surface area contributed by atoms with Crippen molar-refractivity contribution in [2.24, 2.45) is 17.1 Å². The molecule has 2 unspecified atom stereocenters. The van der Waals surface area contributed by atoms with Gasteiger partial charge in [0, 0.05) is 6.54 Å². The number of amides is 1. The highest BCUT2D eigenvalue weighted by Gasteiger charge is 2.34. The molecule has 82 valence electrons. The van der Waals surface area contributed by atoms with E-state index in [0.29, 0.717) is 11.3 Å². The van der Waals surface area contributed by atoms with Crippen molar-refractivity contribution in [3.63, 3.8) is 0 Å². The zero-order valence-electron chi connectivity index (χ0n) is 9.71. The normalized spacial score (nSPS) is 26.4. The maximum absolute atomic E-state index is 11.0. The van der Waals surface area contributed by atoms with Crippen molar-refractivity contribution in [1.29, 1.82) is 0 Å². The zero-order valence-corrected chi connectivity index (χ0v) is 9.71. The Balaban J connectivity index is 2.53. The fraction of sp³-hybridized carbons (Fsp3) is 0.909. The predicted molar refractivity (Wildman–Crippen MR) is 57.8 cm³/mol. The summed E-state index contributed by atoms with van der Waals surface area (Å²) in [5, 5.41) is 0. The SMILES string of the molecule is CC(C(N)=O)N1CCC(C(C)(C)C)C1. The number of nitrogens with zero attached hydrogens (tertiary/aromatic N) is 1. The van der Waals surface area contributed by atoms with Gasteiger partial charge in [0.05, 0.1) is 6.04 Å². The molecule has 2 atom stereocenters. The number of nitrogens with two attached hydrogens (primary N) is 1. The lowest BCUT2D eigenvalue weighted by Crippen LogP contribution is -2.41. The summed E-state index contributed by atoms with van der Waals surface area (Å²) >= 11 is 0. The third-order valence-electron chi connectivity index (χ3n) is 3.40. The van der Waals surface area contributed by atoms with Gasteiger partial charge in [-0.05, 0) is 31.2 Å². The van der Waals surface area contributed by atoms with Crippen LogP contribution in [0.1, 0.15) is 34.1 Å². The molecule has 1 amide bonds. The van der Waals surface area contributed by atoms with Crippen LogP contribution in [0.25, 0.3) is 0 Å². The van der Waals surface area contributed by atoms with E-state index in [4.69, 9.17) is 5.73 Å². The standard InChI is InChI=1S/C11H22N2O/c1-8(10(12)14)13-6-5-9(7-13)11(2,3)4/h8-9H,5-7H2,1-4H3,(H2,12,14). The Labute approximate surface area is 86.6 Å². The third kappa shape index (κ3) is 2.47. The molecule has 1 saturated heterocycles. The molecule has 0 aromatic rings. The molecule has 3 nitrogen and oxygen atoms in total. The third-order valence-corrected chi connectivity index (χ3v) is 3.40. The Morgan fingerprint density at radius 3 is 2.43 bits per heavy atom. The monoisotopic (exact) mass is 198 g/mol. The van der Waals surface area contributed by atoms with Gasteiger partial charge in [0.25, 0.3) is 0 Å². The minimum Gasteiger partial charge on any atom is -0.368 e. The van der Waals surface area contributed by atoms with Crippen LogP contribution in [0.5, 0.6) is 0 Å². The fourth-order valence-corrected chi connectivity index (χ4v) is 2.03. The summed E-state index contributed by atoms with van der Waals surface area (Å²) in [5.41, 5.74) is 5.63. The first-order chi connectivity index (χ1) is 6.32. The minimum absolute atomic E-state index is 0.109. The van der Waals surface area contributed by atoms with Crippen molar-refractivity contribution >= 4 is 5.91 Å². The molecule has 0 bridgehead atoms. The van der Waals surface area contributed by atoms with Gasteiger partial charge in [-0.3, -0.25) is 9.69 Å². The number of hydrogen-bond acceptors (Lipinski definition) is 2. The molecular weight excluding hydrogens is 176 g/mol. The van der Waals surface area contributed by atoms with E-state index in [-0.39, 0.29) is 11.9 Å². The van der Waals surface area contributed by atoms with Crippen LogP contribution in [0.3, 0.4) is 0 Å². The molecule has 1 aliphatic rings. The highest BCUT2D eigenvalue weighted by atomic mass is 16.1. The molecule has 0 saturated carbocycles. The first kappa shape index (κ1) is 11.5. The van der Waals surface area contributed by atoms with Crippen LogP contribution in [-0.4, -0.2) is 29.9 Å². The summed E-state index contributed by atoms with van der Waals surface area (Å²) in [5.74, 6) is 0.476. The average molecular weight is 198 g/mol. The number of carbonyl (C=O) groups excluding carboxylic acids is 1. The highest BCUT2D eigenvalue weighted by molar-refractivity contribution is 5.79. The van der Waals surface area contributed by atoms with Crippen LogP contribution in [0.2, 0.25) is 0 Å². The maximum atomic E-state index is 11.0. The van der Waals surface area contributed by atoms with Crippen LogP contribution in [0.15, 0.2) is 0 Å². The Hall–Kier alpha value is -0.570. The molecule has 0 radical (unpaired) electrons. The van der Waals surface area contributed by atoms with Crippen LogP contribution >= 0.6 is 0 Å². The molecule has 2 N–H and O–H groups in total. The van der Waals surface area contributed by atoms with Gasteiger partial charge in [-0.1, -0.05) is 20.8 Å². The Kier molecular flexibility index (Phi) is 3.20. The largest absolute Gasteiger partial charge is 0.368 e. The van der Waals surface area contributed by atoms with Gasteiger partial charge in [-0.25, -0.2) is 0 Å². The topological polar surface area (TPSA) is 46.3 Å². The molecular formula is C11H22N2O. The summed E-state index contributed by atoms with van der Waals surface area (Å²) in [7, 11) is 0. The van der Waals surface area contributed by atoms with E-state index < -0.39 is 0 Å². The lowest BCUT2D eigenvalue weighted by molar-refractivity contribution is -0.122. The van der Waals surface area contributed by atoms with Gasteiger partial charge >= 0.3 is 0 Å². The van der Waals surface area contributed by atoms with Gasteiger partial charge in [-0.15, -0.1) is 0 Å². The molecule has 14 heavy (non-hydrogen) atoms. The zero-order chi connectivity index (χ0) is 10.9. The molecule has 1 fully saturated rings. The highest BCUT2D eigenvalue weighted by Crippen LogP contribution is 2.34. The van der Waals surface area contributed by atoms with E-state index in [0.717, 1.165) is 13.1 Å². The van der Waals surface area contributed by atoms with Crippen molar-refractivity contribution in [3.8, 4) is 0 Å². The van der Waals surface area contributed by atoms with Gasteiger partial charge in [0.2, 0.25) is 5.91 Å². The van der Waals surface area contributed by atoms with Crippen LogP contribution < -0.4 is 5.73 Å². The van der Waals surface area contributed by atoms with Gasteiger partial charge in [0.1, 0.15) is 0 Å². The molecule has 0 aromatic heterocycles. The molecule has 0 aliphatic carbocycles. The number of carbonyl (C=O) groups is 1. The Morgan fingerprint density at radius 2 is 2.07 bits per heavy atom. The molecule has 0 spiro atoms. The Morgan fingerprint density at radius 1 is 1.50 bits per heavy atom. The van der Waals surface area contributed by atoms with E-state index in [1.807, 2.05) is 6.92 Å². The summed E-state index contributed by atoms with van der Waals surface area (Å²) in [6.45, 7) is 10.7. The molecule has 1 heterocycles. The number of hydrogen-bond donors (Lipinski definition) is 1. The second-order valence-electron chi connectivity index (χ2n) is 5.42. The van der Waals surface area contributed by atoms with Gasteiger partial charge < -0.3 is 5.73 Å². The van der Waals surface area contributed by atoms with Crippen LogP contribution in [-0.2, 0) is 4.79 Å².